The lowest BCUT2D eigenvalue weighted by Gasteiger charge is -2.18. The minimum absolute atomic E-state index is 0.0201. The van der Waals surface area contributed by atoms with Gasteiger partial charge in [0.05, 0.1) is 4.92 Å². The lowest BCUT2D eigenvalue weighted by molar-refractivity contribution is -0.385. The molecule has 0 spiro atoms. The first-order valence-electron chi connectivity index (χ1n) is 8.32. The number of amides is 2. The molecule has 1 aromatic carbocycles. The Morgan fingerprint density at radius 1 is 1.39 bits per heavy atom. The summed E-state index contributed by atoms with van der Waals surface area (Å²) in [6.45, 7) is 6.05. The van der Waals surface area contributed by atoms with Gasteiger partial charge in [0.1, 0.15) is 5.70 Å². The maximum absolute atomic E-state index is 12.4. The zero-order chi connectivity index (χ0) is 21.3. The van der Waals surface area contributed by atoms with Crippen LogP contribution in [0, 0.1) is 10.1 Å². The van der Waals surface area contributed by atoms with Gasteiger partial charge in [-0.3, -0.25) is 14.9 Å². The number of azide groups is 1. The Hall–Kier alpha value is -3.79. The van der Waals surface area contributed by atoms with E-state index in [1.54, 1.807) is 20.8 Å². The van der Waals surface area contributed by atoms with E-state index in [-0.39, 0.29) is 17.8 Å². The van der Waals surface area contributed by atoms with Crippen LogP contribution in [0.5, 0.6) is 11.5 Å². The number of phenols is 1. The number of nitrogens with one attached hydrogen (secondary N) is 1. The Morgan fingerprint density at radius 2 is 2.04 bits per heavy atom. The third-order valence-corrected chi connectivity index (χ3v) is 3.52. The fourth-order valence-electron chi connectivity index (χ4n) is 2.21. The summed E-state index contributed by atoms with van der Waals surface area (Å²) >= 11 is 0. The van der Waals surface area contributed by atoms with E-state index in [1.807, 2.05) is 0 Å². The van der Waals surface area contributed by atoms with Crippen LogP contribution in [0.2, 0.25) is 0 Å². The van der Waals surface area contributed by atoms with Gasteiger partial charge < -0.3 is 20.1 Å². The minimum Gasteiger partial charge on any atom is -0.499 e. The van der Waals surface area contributed by atoms with Gasteiger partial charge in [0.2, 0.25) is 5.75 Å². The van der Waals surface area contributed by atoms with Gasteiger partial charge >= 0.3 is 11.8 Å². The van der Waals surface area contributed by atoms with E-state index in [2.05, 4.69) is 15.3 Å². The summed E-state index contributed by atoms with van der Waals surface area (Å²) in [7, 11) is 0. The molecule has 0 heterocycles. The number of ether oxygens (including phenoxy) is 1. The van der Waals surface area contributed by atoms with Crippen LogP contribution >= 0.6 is 0 Å². The van der Waals surface area contributed by atoms with Gasteiger partial charge in [-0.1, -0.05) is 5.11 Å². The second-order valence-corrected chi connectivity index (χ2v) is 5.26. The molecular weight excluding hydrogens is 372 g/mol. The van der Waals surface area contributed by atoms with Gasteiger partial charge in [0.25, 0.3) is 5.91 Å². The van der Waals surface area contributed by atoms with Crippen molar-refractivity contribution in [2.45, 2.75) is 20.8 Å². The molecule has 28 heavy (non-hydrogen) atoms. The van der Waals surface area contributed by atoms with E-state index in [1.165, 1.54) is 4.90 Å². The molecule has 0 atom stereocenters. The molecule has 12 nitrogen and oxygen atoms in total. The summed E-state index contributed by atoms with van der Waals surface area (Å²) in [5.74, 6) is -1.92. The molecule has 1 aromatic rings. The molecule has 0 aromatic heterocycles. The normalized spacial score (nSPS) is 10.6. The van der Waals surface area contributed by atoms with Gasteiger partial charge in [-0.15, -0.1) is 0 Å². The van der Waals surface area contributed by atoms with Crippen LogP contribution in [-0.4, -0.2) is 46.6 Å². The third-order valence-electron chi connectivity index (χ3n) is 3.52. The van der Waals surface area contributed by atoms with E-state index in [9.17, 15) is 24.8 Å². The average Bonchev–Trinajstić information content (AvgIpc) is 2.64. The molecule has 12 heteroatoms. The quantitative estimate of drug-likeness (QED) is 0.172. The standard InChI is InChI=1S/C16H20N6O6/c1-4-18-16(25)28-13-9-10(8-12(14(13)23)22(26)27)7-11(19-20-17)15(24)21(5-2)6-3/h7-9,23H,4-6H2,1-3H3,(H,18,25)/b11-7-. The molecule has 0 aliphatic rings. The Labute approximate surface area is 160 Å². The molecule has 0 saturated heterocycles. The monoisotopic (exact) mass is 392 g/mol. The zero-order valence-corrected chi connectivity index (χ0v) is 15.6. The van der Waals surface area contributed by atoms with Crippen molar-refractivity contribution in [1.29, 1.82) is 0 Å². The summed E-state index contributed by atoms with van der Waals surface area (Å²) in [5, 5.41) is 26.8. The number of carbonyl (C=O) groups is 2. The fraction of sp³-hybridized carbons (Fsp3) is 0.375. The molecule has 0 aliphatic heterocycles. The second kappa shape index (κ2) is 10.4. The largest absolute Gasteiger partial charge is 0.499 e. The molecular formula is C16H20N6O6. The third kappa shape index (κ3) is 5.61. The highest BCUT2D eigenvalue weighted by molar-refractivity contribution is 5.97. The van der Waals surface area contributed by atoms with Crippen molar-refractivity contribution in [3.05, 3.63) is 44.0 Å². The topological polar surface area (TPSA) is 171 Å². The Bertz CT molecular complexity index is 842. The molecule has 2 N–H and O–H groups in total. The smallest absolute Gasteiger partial charge is 0.412 e. The van der Waals surface area contributed by atoms with Crippen molar-refractivity contribution in [2.24, 2.45) is 5.11 Å². The molecule has 0 unspecified atom stereocenters. The van der Waals surface area contributed by atoms with E-state index in [4.69, 9.17) is 10.3 Å². The molecule has 0 bridgehead atoms. The van der Waals surface area contributed by atoms with Crippen molar-refractivity contribution >= 4 is 23.8 Å². The molecule has 0 radical (unpaired) electrons. The predicted molar refractivity (Wildman–Crippen MR) is 99.5 cm³/mol. The van der Waals surface area contributed by atoms with Gasteiger partial charge in [0, 0.05) is 30.6 Å². The van der Waals surface area contributed by atoms with E-state index in [0.29, 0.717) is 13.1 Å². The molecule has 0 saturated carbocycles. The first-order valence-corrected chi connectivity index (χ1v) is 8.32. The number of rotatable bonds is 8. The van der Waals surface area contributed by atoms with Crippen molar-refractivity contribution in [2.75, 3.05) is 19.6 Å². The van der Waals surface area contributed by atoms with Gasteiger partial charge in [-0.2, -0.15) is 0 Å². The number of benzene rings is 1. The zero-order valence-electron chi connectivity index (χ0n) is 15.6. The highest BCUT2D eigenvalue weighted by Gasteiger charge is 2.22. The van der Waals surface area contributed by atoms with Crippen molar-refractivity contribution in [3.63, 3.8) is 0 Å². The minimum atomic E-state index is -0.928. The Morgan fingerprint density at radius 3 is 2.54 bits per heavy atom. The fourth-order valence-corrected chi connectivity index (χ4v) is 2.21. The van der Waals surface area contributed by atoms with Crippen molar-refractivity contribution < 1.29 is 24.4 Å². The number of nitro groups is 1. The van der Waals surface area contributed by atoms with Crippen molar-refractivity contribution in [3.8, 4) is 11.5 Å². The van der Waals surface area contributed by atoms with Crippen molar-refractivity contribution in [1.82, 2.24) is 10.2 Å². The van der Waals surface area contributed by atoms with Gasteiger partial charge in [0.15, 0.2) is 5.75 Å². The lowest BCUT2D eigenvalue weighted by Crippen LogP contribution is -2.31. The molecule has 2 amide bonds. The molecule has 1 rings (SSSR count). The summed E-state index contributed by atoms with van der Waals surface area (Å²) in [4.78, 5) is 38.4. The maximum atomic E-state index is 12.4. The number of hydrogen-bond acceptors (Lipinski definition) is 7. The number of carbonyl (C=O) groups excluding carboxylic acids is 2. The van der Waals surface area contributed by atoms with Crippen LogP contribution in [-0.2, 0) is 4.79 Å². The summed E-state index contributed by atoms with van der Waals surface area (Å²) < 4.78 is 4.88. The summed E-state index contributed by atoms with van der Waals surface area (Å²) in [6, 6.07) is 2.07. The number of phenolic OH excluding ortho intramolecular Hbond substituents is 1. The lowest BCUT2D eigenvalue weighted by atomic mass is 10.1. The molecule has 0 aliphatic carbocycles. The van der Waals surface area contributed by atoms with Crippen LogP contribution in [0.3, 0.4) is 0 Å². The highest BCUT2D eigenvalue weighted by atomic mass is 16.6. The number of hydrogen-bond donors (Lipinski definition) is 2. The summed E-state index contributed by atoms with van der Waals surface area (Å²) in [6.07, 6.45) is 0.180. The van der Waals surface area contributed by atoms with E-state index >= 15 is 0 Å². The maximum Gasteiger partial charge on any atom is 0.412 e. The van der Waals surface area contributed by atoms with Gasteiger partial charge in [-0.25, -0.2) is 4.79 Å². The number of likely N-dealkylation sites (N-methyl/N-ethyl adjacent to an activating group) is 1. The number of nitrogens with zero attached hydrogens (tertiary/aromatic N) is 5. The number of nitro benzene ring substituents is 1. The average molecular weight is 392 g/mol. The van der Waals surface area contributed by atoms with E-state index < -0.39 is 34.1 Å². The molecule has 150 valence electrons. The highest BCUT2D eigenvalue weighted by Crippen LogP contribution is 2.38. The SMILES string of the molecule is CCNC(=O)Oc1cc(/C=C(\N=[N+]=[N-])C(=O)N(CC)CC)cc([N+](=O)[O-])c1O. The first-order chi connectivity index (χ1) is 13.3. The van der Waals surface area contributed by atoms with Crippen LogP contribution < -0.4 is 10.1 Å². The van der Waals surface area contributed by atoms with Crippen LogP contribution in [0.15, 0.2) is 22.9 Å². The predicted octanol–water partition coefficient (Wildman–Crippen LogP) is 2.93. The van der Waals surface area contributed by atoms with Crippen LogP contribution in [0.4, 0.5) is 10.5 Å². The first kappa shape index (κ1) is 22.3. The van der Waals surface area contributed by atoms with Crippen LogP contribution in [0.25, 0.3) is 16.5 Å². The Balaban J connectivity index is 3.51. The van der Waals surface area contributed by atoms with Gasteiger partial charge in [-0.05, 0) is 44.0 Å². The van der Waals surface area contributed by atoms with E-state index in [0.717, 1.165) is 18.2 Å². The Kier molecular flexibility index (Phi) is 8.25. The second-order valence-electron chi connectivity index (χ2n) is 5.26. The van der Waals surface area contributed by atoms with Crippen LogP contribution in [0.1, 0.15) is 26.3 Å². The molecule has 0 fully saturated rings. The summed E-state index contributed by atoms with van der Waals surface area (Å²) in [5.41, 5.74) is 7.69. The number of aromatic hydroxyl groups is 1.